The minimum absolute atomic E-state index is 0.0976. The summed E-state index contributed by atoms with van der Waals surface area (Å²) in [4.78, 5) is 4.24. The number of rotatable bonds is 7. The van der Waals surface area contributed by atoms with Crippen molar-refractivity contribution in [1.82, 2.24) is 24.2 Å². The first-order valence-corrected chi connectivity index (χ1v) is 8.84. The lowest BCUT2D eigenvalue weighted by molar-refractivity contribution is 0.425. The molecule has 0 unspecified atom stereocenters. The summed E-state index contributed by atoms with van der Waals surface area (Å²) in [6.45, 7) is 3.51. The topological polar surface area (TPSA) is 115 Å². The van der Waals surface area contributed by atoms with Crippen LogP contribution in [-0.4, -0.2) is 41.5 Å². The molecule has 2 atom stereocenters. The van der Waals surface area contributed by atoms with E-state index in [2.05, 4.69) is 19.9 Å². The molecule has 1 aromatic heterocycles. The van der Waals surface area contributed by atoms with Crippen molar-refractivity contribution >= 4 is 10.2 Å². The van der Waals surface area contributed by atoms with Gasteiger partial charge in [-0.3, -0.25) is 5.10 Å². The maximum Gasteiger partial charge on any atom is 0.280 e. The lowest BCUT2D eigenvalue weighted by Crippen LogP contribution is -2.42. The predicted octanol–water partition coefficient (Wildman–Crippen LogP) is 1.13. The van der Waals surface area contributed by atoms with E-state index >= 15 is 0 Å². The normalized spacial score (nSPS) is 14.3. The maximum atomic E-state index is 12.6. The summed E-state index contributed by atoms with van der Waals surface area (Å²) >= 11 is 0. The van der Waals surface area contributed by atoms with Gasteiger partial charge in [0.2, 0.25) is 0 Å². The van der Waals surface area contributed by atoms with Crippen molar-refractivity contribution in [2.75, 3.05) is 13.6 Å². The molecule has 2 N–H and O–H groups in total. The molecule has 0 radical (unpaired) electrons. The van der Waals surface area contributed by atoms with E-state index in [1.165, 1.54) is 7.05 Å². The van der Waals surface area contributed by atoms with E-state index in [4.69, 9.17) is 5.26 Å². The third-order valence-corrected chi connectivity index (χ3v) is 4.94. The van der Waals surface area contributed by atoms with Gasteiger partial charge in [-0.2, -0.15) is 27.8 Å². The Morgan fingerprint density at radius 3 is 2.58 bits per heavy atom. The van der Waals surface area contributed by atoms with Crippen LogP contribution in [0.2, 0.25) is 0 Å². The first-order valence-electron chi connectivity index (χ1n) is 7.40. The molecule has 1 aromatic carbocycles. The summed E-state index contributed by atoms with van der Waals surface area (Å²) in [5.41, 5.74) is 0.724. The summed E-state index contributed by atoms with van der Waals surface area (Å²) in [5, 5.41) is 15.7. The maximum absolute atomic E-state index is 12.6. The van der Waals surface area contributed by atoms with Crippen molar-refractivity contribution in [3.8, 4) is 6.07 Å². The van der Waals surface area contributed by atoms with Gasteiger partial charge in [-0.15, -0.1) is 0 Å². The Morgan fingerprint density at radius 1 is 1.38 bits per heavy atom. The molecule has 0 fully saturated rings. The van der Waals surface area contributed by atoms with Crippen molar-refractivity contribution in [1.29, 1.82) is 5.26 Å². The number of nitrogens with one attached hydrogen (secondary N) is 2. The number of hydrogen-bond donors (Lipinski definition) is 2. The summed E-state index contributed by atoms with van der Waals surface area (Å²) in [6, 6.07) is 10.4. The molecule has 24 heavy (non-hydrogen) atoms. The van der Waals surface area contributed by atoms with Gasteiger partial charge >= 0.3 is 0 Å². The summed E-state index contributed by atoms with van der Waals surface area (Å²) in [5.74, 6) is 0.521. The SMILES string of the molecule is Cc1nc([C@H](NS(=O)(=O)N(C)C[C@@H](C)C#N)c2ccccc2)n[nH]1. The Kier molecular flexibility index (Phi) is 5.66. The van der Waals surface area contributed by atoms with Crippen LogP contribution in [0.15, 0.2) is 30.3 Å². The van der Waals surface area contributed by atoms with Crippen LogP contribution in [0.5, 0.6) is 0 Å². The Balaban J connectivity index is 2.30. The van der Waals surface area contributed by atoms with Crippen molar-refractivity contribution in [2.24, 2.45) is 5.92 Å². The Bertz CT molecular complexity index is 812. The highest BCUT2D eigenvalue weighted by molar-refractivity contribution is 7.87. The van der Waals surface area contributed by atoms with Gasteiger partial charge < -0.3 is 0 Å². The number of benzene rings is 1. The molecule has 1 heterocycles. The Hall–Kier alpha value is -2.28. The molecular formula is C15H20N6O2S. The van der Waals surface area contributed by atoms with Gasteiger partial charge in [0, 0.05) is 13.6 Å². The second-order valence-electron chi connectivity index (χ2n) is 5.56. The fourth-order valence-electron chi connectivity index (χ4n) is 2.17. The second kappa shape index (κ2) is 7.53. The van der Waals surface area contributed by atoms with Gasteiger partial charge in [-0.25, -0.2) is 4.98 Å². The molecule has 0 amide bonds. The van der Waals surface area contributed by atoms with Crippen molar-refractivity contribution in [3.05, 3.63) is 47.5 Å². The minimum atomic E-state index is -3.81. The van der Waals surface area contributed by atoms with Crippen LogP contribution in [-0.2, 0) is 10.2 Å². The highest BCUT2D eigenvalue weighted by atomic mass is 32.2. The molecule has 0 aliphatic carbocycles. The third-order valence-electron chi connectivity index (χ3n) is 3.43. The van der Waals surface area contributed by atoms with Crippen LogP contribution in [0.25, 0.3) is 0 Å². The molecule has 9 heteroatoms. The summed E-state index contributed by atoms with van der Waals surface area (Å²) in [7, 11) is -2.38. The predicted molar refractivity (Wildman–Crippen MR) is 88.9 cm³/mol. The Labute approximate surface area is 141 Å². The molecular weight excluding hydrogens is 328 g/mol. The van der Waals surface area contributed by atoms with Crippen LogP contribution in [0.4, 0.5) is 0 Å². The number of hydrogen-bond acceptors (Lipinski definition) is 5. The van der Waals surface area contributed by atoms with E-state index in [1.54, 1.807) is 26.0 Å². The highest BCUT2D eigenvalue weighted by Gasteiger charge is 2.28. The number of aryl methyl sites for hydroxylation is 1. The van der Waals surface area contributed by atoms with Gasteiger partial charge in [-0.05, 0) is 19.4 Å². The number of H-pyrrole nitrogens is 1. The third kappa shape index (κ3) is 4.38. The lowest BCUT2D eigenvalue weighted by atomic mass is 10.1. The van der Waals surface area contributed by atoms with Crippen LogP contribution in [0.1, 0.15) is 30.2 Å². The number of nitriles is 1. The largest absolute Gasteiger partial charge is 0.280 e. The molecule has 2 rings (SSSR count). The summed E-state index contributed by atoms with van der Waals surface area (Å²) < 4.78 is 28.9. The van der Waals surface area contributed by atoms with E-state index < -0.39 is 22.2 Å². The first-order chi connectivity index (χ1) is 11.3. The van der Waals surface area contributed by atoms with E-state index in [1.807, 2.05) is 24.3 Å². The van der Waals surface area contributed by atoms with Crippen molar-refractivity contribution in [3.63, 3.8) is 0 Å². The highest BCUT2D eigenvalue weighted by Crippen LogP contribution is 2.20. The van der Waals surface area contributed by atoms with Gasteiger partial charge in [0.25, 0.3) is 10.2 Å². The number of aromatic amines is 1. The molecule has 2 aromatic rings. The molecule has 8 nitrogen and oxygen atoms in total. The van der Waals surface area contributed by atoms with Gasteiger partial charge in [0.05, 0.1) is 12.0 Å². The van der Waals surface area contributed by atoms with E-state index in [0.717, 1.165) is 9.87 Å². The van der Waals surface area contributed by atoms with Crippen molar-refractivity contribution in [2.45, 2.75) is 19.9 Å². The fourth-order valence-corrected chi connectivity index (χ4v) is 3.31. The monoisotopic (exact) mass is 348 g/mol. The molecule has 0 saturated carbocycles. The van der Waals surface area contributed by atoms with E-state index in [9.17, 15) is 8.42 Å². The van der Waals surface area contributed by atoms with E-state index in [-0.39, 0.29) is 6.54 Å². The molecule has 0 aliphatic rings. The van der Waals surface area contributed by atoms with Gasteiger partial charge in [-0.1, -0.05) is 30.3 Å². The van der Waals surface area contributed by atoms with Crippen molar-refractivity contribution < 1.29 is 8.42 Å². The Morgan fingerprint density at radius 2 is 2.04 bits per heavy atom. The molecule has 0 aliphatic heterocycles. The van der Waals surface area contributed by atoms with E-state index in [0.29, 0.717) is 11.6 Å². The quantitative estimate of drug-likeness (QED) is 0.778. The minimum Gasteiger partial charge on any atom is -0.263 e. The van der Waals surface area contributed by atoms with Gasteiger partial charge in [0.15, 0.2) is 5.82 Å². The second-order valence-corrected chi connectivity index (χ2v) is 7.37. The van der Waals surface area contributed by atoms with Crippen LogP contribution < -0.4 is 4.72 Å². The summed E-state index contributed by atoms with van der Waals surface area (Å²) in [6.07, 6.45) is 0. The standard InChI is InChI=1S/C15H20N6O2S/c1-11(9-16)10-21(3)24(22,23)20-14(13-7-5-4-6-8-13)15-17-12(2)18-19-15/h4-8,11,14,20H,10H2,1-3H3,(H,17,18,19)/t11-,14+/m0/s1. The lowest BCUT2D eigenvalue weighted by Gasteiger charge is -2.22. The average molecular weight is 348 g/mol. The fraction of sp³-hybridized carbons (Fsp3) is 0.400. The number of nitrogens with zero attached hydrogens (tertiary/aromatic N) is 4. The molecule has 128 valence electrons. The van der Waals surface area contributed by atoms with Gasteiger partial charge in [0.1, 0.15) is 11.9 Å². The number of aromatic nitrogens is 3. The molecule has 0 saturated heterocycles. The zero-order chi connectivity index (χ0) is 17.7. The first kappa shape index (κ1) is 18.1. The molecule has 0 bridgehead atoms. The van der Waals surface area contributed by atoms with Crippen LogP contribution in [0.3, 0.4) is 0 Å². The molecule has 0 spiro atoms. The average Bonchev–Trinajstić information content (AvgIpc) is 2.99. The smallest absolute Gasteiger partial charge is 0.263 e. The zero-order valence-electron chi connectivity index (χ0n) is 13.8. The van der Waals surface area contributed by atoms with Crippen LogP contribution >= 0.6 is 0 Å². The zero-order valence-corrected chi connectivity index (χ0v) is 14.6. The van der Waals surface area contributed by atoms with Crippen LogP contribution in [0, 0.1) is 24.2 Å².